The van der Waals surface area contributed by atoms with Crippen LogP contribution < -0.4 is 5.73 Å². The molecule has 3 N–H and O–H groups in total. The first kappa shape index (κ1) is 10.7. The maximum Gasteiger partial charge on any atom is 0.337 e. The lowest BCUT2D eigenvalue weighted by molar-refractivity contribution is 0.0600. The van der Waals surface area contributed by atoms with E-state index in [9.17, 15) is 4.79 Å². The largest absolute Gasteiger partial charge is 0.465 e. The van der Waals surface area contributed by atoms with Crippen LogP contribution in [0.15, 0.2) is 24.3 Å². The lowest BCUT2D eigenvalue weighted by Gasteiger charge is -2.05. The quantitative estimate of drug-likeness (QED) is 0.537. The number of carbonyl (C=O) groups is 1. The molecule has 0 fully saturated rings. The van der Waals surface area contributed by atoms with E-state index in [0.29, 0.717) is 12.0 Å². The van der Waals surface area contributed by atoms with E-state index in [4.69, 9.17) is 10.8 Å². The molecule has 4 nitrogen and oxygen atoms in total. The molecular formula is C10H13NO3. The summed E-state index contributed by atoms with van der Waals surface area (Å²) < 4.78 is 4.56. The minimum Gasteiger partial charge on any atom is -0.465 e. The van der Waals surface area contributed by atoms with Crippen LogP contribution in [-0.4, -0.2) is 24.4 Å². The summed E-state index contributed by atoms with van der Waals surface area (Å²) in [6, 6.07) is 6.83. The number of hydrogen-bond donors (Lipinski definition) is 2. The lowest BCUT2D eigenvalue weighted by atomic mass is 10.1. The number of benzene rings is 1. The molecule has 0 heterocycles. The molecule has 76 valence electrons. The molecule has 0 saturated heterocycles. The van der Waals surface area contributed by atoms with Crippen molar-refractivity contribution in [2.75, 3.05) is 7.11 Å². The zero-order valence-corrected chi connectivity index (χ0v) is 7.93. The molecule has 0 aliphatic heterocycles. The molecule has 0 aliphatic carbocycles. The van der Waals surface area contributed by atoms with Gasteiger partial charge in [-0.15, -0.1) is 0 Å². The molecule has 1 rings (SSSR count). The maximum atomic E-state index is 11.1. The number of rotatable bonds is 3. The monoisotopic (exact) mass is 195 g/mol. The third-order valence-electron chi connectivity index (χ3n) is 1.79. The Kier molecular flexibility index (Phi) is 3.62. The summed E-state index contributed by atoms with van der Waals surface area (Å²) >= 11 is 0. The van der Waals surface area contributed by atoms with Gasteiger partial charge in [0, 0.05) is 6.42 Å². The minimum atomic E-state index is -0.900. The van der Waals surface area contributed by atoms with Crippen LogP contribution in [0.3, 0.4) is 0 Å². The first-order valence-corrected chi connectivity index (χ1v) is 4.24. The molecule has 0 bridgehead atoms. The minimum absolute atomic E-state index is 0.324. The average molecular weight is 195 g/mol. The molecule has 4 heteroatoms. The van der Waals surface area contributed by atoms with Gasteiger partial charge in [0.05, 0.1) is 12.7 Å². The lowest BCUT2D eigenvalue weighted by Crippen LogP contribution is -2.21. The van der Waals surface area contributed by atoms with Gasteiger partial charge in [-0.2, -0.15) is 0 Å². The normalized spacial score (nSPS) is 12.2. The van der Waals surface area contributed by atoms with Crippen LogP contribution in [0.25, 0.3) is 0 Å². The van der Waals surface area contributed by atoms with Crippen molar-refractivity contribution in [3.63, 3.8) is 0 Å². The van der Waals surface area contributed by atoms with E-state index < -0.39 is 12.2 Å². The number of carbonyl (C=O) groups excluding carboxylic acids is 1. The van der Waals surface area contributed by atoms with Crippen molar-refractivity contribution in [1.29, 1.82) is 0 Å². The highest BCUT2D eigenvalue weighted by molar-refractivity contribution is 5.89. The van der Waals surface area contributed by atoms with Crippen molar-refractivity contribution in [1.82, 2.24) is 0 Å². The van der Waals surface area contributed by atoms with Crippen molar-refractivity contribution < 1.29 is 14.6 Å². The van der Waals surface area contributed by atoms with Crippen LogP contribution >= 0.6 is 0 Å². The second kappa shape index (κ2) is 4.74. The van der Waals surface area contributed by atoms with Gasteiger partial charge < -0.3 is 15.6 Å². The van der Waals surface area contributed by atoms with Crippen molar-refractivity contribution in [2.45, 2.75) is 12.6 Å². The van der Waals surface area contributed by atoms with Crippen molar-refractivity contribution >= 4 is 5.97 Å². The van der Waals surface area contributed by atoms with Crippen LogP contribution in [0.4, 0.5) is 0 Å². The Morgan fingerprint density at radius 1 is 1.64 bits per heavy atom. The zero-order chi connectivity index (χ0) is 10.6. The van der Waals surface area contributed by atoms with E-state index in [1.165, 1.54) is 7.11 Å². The number of nitrogens with two attached hydrogens (primary N) is 1. The number of hydrogen-bond acceptors (Lipinski definition) is 4. The summed E-state index contributed by atoms with van der Waals surface area (Å²) in [6.45, 7) is 0. The van der Waals surface area contributed by atoms with E-state index >= 15 is 0 Å². The molecule has 0 spiro atoms. The summed E-state index contributed by atoms with van der Waals surface area (Å²) in [4.78, 5) is 11.1. The molecule has 1 atom stereocenters. The van der Waals surface area contributed by atoms with Gasteiger partial charge in [-0.1, -0.05) is 12.1 Å². The van der Waals surface area contributed by atoms with E-state index in [1.54, 1.807) is 24.3 Å². The average Bonchev–Trinajstić information content (AvgIpc) is 2.16. The molecule has 0 amide bonds. The Balaban J connectivity index is 2.84. The summed E-state index contributed by atoms with van der Waals surface area (Å²) in [5, 5.41) is 8.95. The van der Waals surface area contributed by atoms with Crippen LogP contribution in [0.5, 0.6) is 0 Å². The fourth-order valence-corrected chi connectivity index (χ4v) is 1.18. The third kappa shape index (κ3) is 2.83. The highest BCUT2D eigenvalue weighted by atomic mass is 16.5. The van der Waals surface area contributed by atoms with Gasteiger partial charge in [0.15, 0.2) is 0 Å². The van der Waals surface area contributed by atoms with Gasteiger partial charge in [0.25, 0.3) is 0 Å². The summed E-state index contributed by atoms with van der Waals surface area (Å²) in [5.74, 6) is -0.390. The number of esters is 1. The maximum absolute atomic E-state index is 11.1. The van der Waals surface area contributed by atoms with Crippen molar-refractivity contribution in [3.05, 3.63) is 35.4 Å². The number of aliphatic hydroxyl groups is 1. The Morgan fingerprint density at radius 3 is 2.93 bits per heavy atom. The summed E-state index contributed by atoms with van der Waals surface area (Å²) in [5.41, 5.74) is 6.49. The zero-order valence-electron chi connectivity index (χ0n) is 7.93. The van der Waals surface area contributed by atoms with Gasteiger partial charge >= 0.3 is 5.97 Å². The van der Waals surface area contributed by atoms with Gasteiger partial charge in [0.2, 0.25) is 0 Å². The van der Waals surface area contributed by atoms with Crippen molar-refractivity contribution in [3.8, 4) is 0 Å². The molecular weight excluding hydrogens is 182 g/mol. The van der Waals surface area contributed by atoms with Gasteiger partial charge in [-0.25, -0.2) is 4.79 Å². The first-order valence-electron chi connectivity index (χ1n) is 4.24. The van der Waals surface area contributed by atoms with Crippen LogP contribution in [0.2, 0.25) is 0 Å². The predicted octanol–water partition coefficient (Wildman–Crippen LogP) is 0.293. The van der Waals surface area contributed by atoms with Gasteiger partial charge in [0.1, 0.15) is 6.23 Å². The van der Waals surface area contributed by atoms with Crippen LogP contribution in [-0.2, 0) is 11.2 Å². The smallest absolute Gasteiger partial charge is 0.337 e. The van der Waals surface area contributed by atoms with Gasteiger partial charge in [-0.3, -0.25) is 0 Å². The molecule has 0 saturated carbocycles. The fraction of sp³-hybridized carbons (Fsp3) is 0.300. The van der Waals surface area contributed by atoms with E-state index in [2.05, 4.69) is 4.74 Å². The molecule has 1 aromatic rings. The Morgan fingerprint density at radius 2 is 2.36 bits per heavy atom. The first-order chi connectivity index (χ1) is 6.63. The van der Waals surface area contributed by atoms with Crippen LogP contribution in [0.1, 0.15) is 15.9 Å². The highest BCUT2D eigenvalue weighted by Crippen LogP contribution is 2.07. The second-order valence-corrected chi connectivity index (χ2v) is 2.96. The van der Waals surface area contributed by atoms with E-state index in [0.717, 1.165) is 5.56 Å². The Hall–Kier alpha value is -1.39. The molecule has 1 unspecified atom stereocenters. The molecule has 14 heavy (non-hydrogen) atoms. The molecule has 1 aromatic carbocycles. The summed E-state index contributed by atoms with van der Waals surface area (Å²) in [6.07, 6.45) is -0.576. The molecule has 0 aromatic heterocycles. The highest BCUT2D eigenvalue weighted by Gasteiger charge is 2.06. The Labute approximate surface area is 82.3 Å². The number of methoxy groups -OCH3 is 1. The second-order valence-electron chi connectivity index (χ2n) is 2.96. The van der Waals surface area contributed by atoms with Gasteiger partial charge in [-0.05, 0) is 17.7 Å². The number of ether oxygens (including phenoxy) is 1. The van der Waals surface area contributed by atoms with Crippen molar-refractivity contribution in [2.24, 2.45) is 5.73 Å². The third-order valence-corrected chi connectivity index (χ3v) is 1.79. The standard InChI is InChI=1S/C10H13NO3/c1-14-10(13)8-4-2-3-7(5-8)6-9(11)12/h2-5,9,12H,6,11H2,1H3. The predicted molar refractivity (Wildman–Crippen MR) is 51.7 cm³/mol. The van der Waals surface area contributed by atoms with Crippen LogP contribution in [0, 0.1) is 0 Å². The Bertz CT molecular complexity index is 323. The summed E-state index contributed by atoms with van der Waals surface area (Å²) in [7, 11) is 1.33. The number of aliphatic hydroxyl groups excluding tert-OH is 1. The van der Waals surface area contributed by atoms with E-state index in [-0.39, 0.29) is 0 Å². The fourth-order valence-electron chi connectivity index (χ4n) is 1.18. The topological polar surface area (TPSA) is 72.5 Å². The molecule has 0 radical (unpaired) electrons. The SMILES string of the molecule is COC(=O)c1cccc(CC(N)O)c1. The molecule has 0 aliphatic rings. The van der Waals surface area contributed by atoms with E-state index in [1.807, 2.05) is 0 Å².